The maximum atomic E-state index is 13.2. The lowest BCUT2D eigenvalue weighted by molar-refractivity contribution is -0.147. The molecule has 7 atom stereocenters. The molecule has 74 heavy (non-hydrogen) atoms. The van der Waals surface area contributed by atoms with Crippen molar-refractivity contribution in [3.05, 3.63) is 48.0 Å². The molecule has 1 aromatic carbocycles. The molecule has 3 aromatic rings. The molecule has 1 saturated carbocycles. The molecule has 414 valence electrons. The third-order valence-electron chi connectivity index (χ3n) is 13.2. The van der Waals surface area contributed by atoms with Crippen LogP contribution in [0.4, 0.5) is 5.82 Å². The number of aliphatic hydroxyl groups is 2. The number of anilines is 1. The quantitative estimate of drug-likeness (QED) is 0.0302. The van der Waals surface area contributed by atoms with E-state index in [0.29, 0.717) is 6.42 Å². The summed E-state index contributed by atoms with van der Waals surface area (Å²) in [6.45, 7) is 3.89. The summed E-state index contributed by atoms with van der Waals surface area (Å²) in [5, 5.41) is 36.1. The van der Waals surface area contributed by atoms with Gasteiger partial charge in [0, 0.05) is 36.8 Å². The first kappa shape index (κ1) is 60.8. The smallest absolute Gasteiger partial charge is 0.481 e. The zero-order chi connectivity index (χ0) is 54.7. The number of hydrogen-bond donors (Lipinski definition) is 10. The van der Waals surface area contributed by atoms with E-state index in [1.54, 1.807) is 13.8 Å². The predicted octanol–water partition coefficient (Wildman–Crippen LogP) is 4.16. The number of aromatic nitrogens is 4. The van der Waals surface area contributed by atoms with E-state index < -0.39 is 95.9 Å². The van der Waals surface area contributed by atoms with Crippen molar-refractivity contribution in [2.75, 3.05) is 32.0 Å². The first-order valence-electron chi connectivity index (χ1n) is 24.3. The molecule has 11 N–H and O–H groups in total. The molecule has 3 heterocycles. The fraction of sp³-hybridized carbons (Fsp3) is 0.667. The Hall–Kier alpha value is -4.10. The Labute approximate surface area is 428 Å². The largest absolute Gasteiger partial charge is 0.481 e. The van der Waals surface area contributed by atoms with Gasteiger partial charge in [-0.25, -0.2) is 28.6 Å². The van der Waals surface area contributed by atoms with Crippen LogP contribution in [-0.2, 0) is 68.3 Å². The summed E-state index contributed by atoms with van der Waals surface area (Å²) < 4.78 is 62.7. The van der Waals surface area contributed by atoms with Gasteiger partial charge in [0.15, 0.2) is 17.7 Å². The van der Waals surface area contributed by atoms with Crippen molar-refractivity contribution < 1.29 is 90.4 Å². The topological polar surface area (TPSA) is 401 Å². The number of ketones is 1. The van der Waals surface area contributed by atoms with Gasteiger partial charge in [0.25, 0.3) is 0 Å². The summed E-state index contributed by atoms with van der Waals surface area (Å²) in [6, 6.07) is 8.41. The van der Waals surface area contributed by atoms with Gasteiger partial charge in [0.05, 0.1) is 25.0 Å². The van der Waals surface area contributed by atoms with Crippen molar-refractivity contribution in [3.63, 3.8) is 0 Å². The van der Waals surface area contributed by atoms with E-state index in [9.17, 15) is 67.8 Å². The number of aryl methyl sites for hydroxylation is 2. The summed E-state index contributed by atoms with van der Waals surface area (Å²) in [7, 11) is -16.5. The SMILES string of the molecule is CC(C)(CCCCCc1ccccc1CCCCCC1(C(=O)CCNC(=O)CCNC(=O)C(O)C(C)(C)COP(=O)(O)OP(=O)(O)OCC2OC(n3cnc4c(N)ncnc43)C(O)C2OP(=O)(O)O)CC1)C(=O)O. The molecule has 1 saturated heterocycles. The number of benzene rings is 1. The zero-order valence-electron chi connectivity index (χ0n) is 41.8. The van der Waals surface area contributed by atoms with Crippen LogP contribution in [-0.4, -0.2) is 129 Å². The maximum absolute atomic E-state index is 13.2. The molecule has 2 amide bonds. The van der Waals surface area contributed by atoms with Gasteiger partial charge in [-0.3, -0.25) is 37.3 Å². The molecule has 1 aliphatic heterocycles. The molecule has 2 fully saturated rings. The fourth-order valence-electron chi connectivity index (χ4n) is 8.51. The van der Waals surface area contributed by atoms with Crippen LogP contribution in [0.5, 0.6) is 0 Å². The number of imidazole rings is 1. The summed E-state index contributed by atoms with van der Waals surface area (Å²) in [4.78, 5) is 101. The molecule has 1 aliphatic carbocycles. The zero-order valence-corrected chi connectivity index (χ0v) is 44.5. The third-order valence-corrected chi connectivity index (χ3v) is 16.3. The minimum absolute atomic E-state index is 0.0264. The number of aliphatic hydroxyl groups excluding tert-OH is 2. The molecule has 0 spiro atoms. The highest BCUT2D eigenvalue weighted by atomic mass is 31.3. The molecule has 5 rings (SSSR count). The number of fused-ring (bicyclic) bond motifs is 1. The van der Waals surface area contributed by atoms with Crippen LogP contribution < -0.4 is 16.4 Å². The molecule has 7 unspecified atom stereocenters. The number of carbonyl (C=O) groups is 4. The van der Waals surface area contributed by atoms with Crippen molar-refractivity contribution in [1.29, 1.82) is 0 Å². The Bertz CT molecular complexity index is 2570. The van der Waals surface area contributed by atoms with Crippen LogP contribution in [0, 0.1) is 16.2 Å². The number of phosphoric ester groups is 3. The van der Waals surface area contributed by atoms with E-state index in [2.05, 4.69) is 46.6 Å². The number of carbonyl (C=O) groups excluding carboxylic acids is 3. The number of carboxylic acids is 1. The number of hydrogen-bond acceptors (Lipinski definition) is 18. The minimum Gasteiger partial charge on any atom is -0.481 e. The summed E-state index contributed by atoms with van der Waals surface area (Å²) >= 11 is 0. The number of nitrogens with one attached hydrogen (secondary N) is 2. The van der Waals surface area contributed by atoms with Crippen LogP contribution in [0.3, 0.4) is 0 Å². The van der Waals surface area contributed by atoms with E-state index in [-0.39, 0.29) is 54.1 Å². The number of Topliss-reactive ketones (excluding diaryl/α,β-unsaturated/α-hetero) is 1. The van der Waals surface area contributed by atoms with E-state index in [0.717, 1.165) is 87.9 Å². The monoisotopic (exact) mass is 1110 g/mol. The molecule has 2 aromatic heterocycles. The van der Waals surface area contributed by atoms with Crippen molar-refractivity contribution >= 4 is 64.0 Å². The minimum atomic E-state index is -5.60. The van der Waals surface area contributed by atoms with Crippen LogP contribution in [0.1, 0.15) is 122 Å². The first-order chi connectivity index (χ1) is 34.6. The van der Waals surface area contributed by atoms with Gasteiger partial charge < -0.3 is 56.0 Å². The number of nitrogen functional groups attached to an aromatic ring is 1. The number of rotatable bonds is 33. The molecule has 0 bridgehead atoms. The molecular formula is C45H70N7O19P3. The van der Waals surface area contributed by atoms with Crippen molar-refractivity contribution in [3.8, 4) is 0 Å². The van der Waals surface area contributed by atoms with Crippen molar-refractivity contribution in [1.82, 2.24) is 30.2 Å². The summed E-state index contributed by atoms with van der Waals surface area (Å²) in [5.41, 5.74) is 5.83. The van der Waals surface area contributed by atoms with Crippen LogP contribution in [0.25, 0.3) is 11.2 Å². The second kappa shape index (κ2) is 25.8. The van der Waals surface area contributed by atoms with E-state index in [1.807, 2.05) is 12.1 Å². The lowest BCUT2D eigenvalue weighted by Gasteiger charge is -2.30. The predicted molar refractivity (Wildman–Crippen MR) is 263 cm³/mol. The summed E-state index contributed by atoms with van der Waals surface area (Å²) in [6.07, 6.45) is 3.85. The molecule has 2 aliphatic rings. The number of aliphatic carboxylic acids is 1. The fourth-order valence-corrected chi connectivity index (χ4v) is 11.3. The van der Waals surface area contributed by atoms with Crippen LogP contribution >= 0.6 is 23.5 Å². The average molecular weight is 1110 g/mol. The van der Waals surface area contributed by atoms with Crippen molar-refractivity contribution in [2.45, 2.75) is 148 Å². The van der Waals surface area contributed by atoms with Gasteiger partial charge in [-0.1, -0.05) is 63.8 Å². The highest BCUT2D eigenvalue weighted by Gasteiger charge is 2.51. The number of ether oxygens (including phenoxy) is 1. The Balaban J connectivity index is 0.964. The van der Waals surface area contributed by atoms with Gasteiger partial charge in [0.2, 0.25) is 11.8 Å². The lowest BCUT2D eigenvalue weighted by Crippen LogP contribution is -2.46. The third kappa shape index (κ3) is 17.7. The molecule has 26 nitrogen and oxygen atoms in total. The van der Waals surface area contributed by atoms with Crippen LogP contribution in [0.15, 0.2) is 36.9 Å². The van der Waals surface area contributed by atoms with Crippen molar-refractivity contribution in [2.24, 2.45) is 16.2 Å². The highest BCUT2D eigenvalue weighted by Crippen LogP contribution is 2.61. The molecule has 29 heteroatoms. The number of phosphoric acid groups is 3. The summed E-state index contributed by atoms with van der Waals surface area (Å²) in [5.74, 6) is -2.16. The normalized spacial score (nSPS) is 20.9. The maximum Gasteiger partial charge on any atom is 0.481 e. The van der Waals surface area contributed by atoms with E-state index in [4.69, 9.17) is 19.5 Å². The van der Waals surface area contributed by atoms with Crippen LogP contribution in [0.2, 0.25) is 0 Å². The number of carboxylic acid groups (broad SMARTS) is 1. The standard InChI is InChI=1S/C45H70N7O19P3/c1-43(2,42(58)59)19-11-5-7-13-29-15-9-10-16-30(29)14-8-6-12-20-45(21-22-45)32(53)17-23-47-33(54)18-24-48-40(57)37(56)44(3,4)26-68-74(65,66)71-73(63,64)67-25-31-36(70-72(60,61)62)35(55)41(69-31)52-28-51-34-38(46)49-27-50-39(34)52/h9-10,15-16,27-28,31,35-37,41,55-56H,5-8,11-14,17-26H2,1-4H3,(H,47,54)(H,48,57)(H,58,59)(H,63,64)(H,65,66)(H2,46,49,50)(H2,60,61,62). The van der Waals surface area contributed by atoms with Gasteiger partial charge in [-0.05, 0) is 76.3 Å². The Kier molecular flexibility index (Phi) is 21.2. The number of nitrogens with two attached hydrogens (primary N) is 1. The number of amides is 2. The van der Waals surface area contributed by atoms with Gasteiger partial charge in [0.1, 0.15) is 42.0 Å². The van der Waals surface area contributed by atoms with E-state index in [1.165, 1.54) is 25.0 Å². The lowest BCUT2D eigenvalue weighted by atomic mass is 9.87. The number of nitrogens with zero attached hydrogens (tertiary/aromatic N) is 4. The second-order valence-electron chi connectivity index (χ2n) is 20.1. The Morgan fingerprint density at radius 3 is 2.12 bits per heavy atom. The van der Waals surface area contributed by atoms with E-state index >= 15 is 0 Å². The Morgan fingerprint density at radius 1 is 0.878 bits per heavy atom. The van der Waals surface area contributed by atoms with Gasteiger partial charge in [-0.15, -0.1) is 0 Å². The molecular weight excluding hydrogens is 1040 g/mol. The highest BCUT2D eigenvalue weighted by molar-refractivity contribution is 7.61. The first-order valence-corrected chi connectivity index (χ1v) is 28.8. The second-order valence-corrected chi connectivity index (χ2v) is 24.3. The average Bonchev–Trinajstić information content (AvgIpc) is 3.89. The number of unbranched alkanes of at least 4 members (excludes halogenated alkanes) is 4. The Morgan fingerprint density at radius 2 is 1.50 bits per heavy atom. The molecule has 0 radical (unpaired) electrons. The van der Waals surface area contributed by atoms with Gasteiger partial charge in [-0.2, -0.15) is 4.31 Å². The van der Waals surface area contributed by atoms with Gasteiger partial charge >= 0.3 is 29.4 Å².